The van der Waals surface area contributed by atoms with Gasteiger partial charge in [-0.1, -0.05) is 0 Å². The molecule has 1 atom stereocenters. The molecule has 2 rings (SSSR count). The molecular weight excluding hydrogens is 312 g/mol. The highest BCUT2D eigenvalue weighted by atomic mass is 19.1. The van der Waals surface area contributed by atoms with Crippen molar-refractivity contribution in [1.82, 2.24) is 25.5 Å². The van der Waals surface area contributed by atoms with Crippen molar-refractivity contribution in [3.63, 3.8) is 0 Å². The average molecular weight is 325 g/mol. The van der Waals surface area contributed by atoms with E-state index in [1.165, 1.54) is 13.3 Å². The van der Waals surface area contributed by atoms with Crippen molar-refractivity contribution in [3.8, 4) is 0 Å². The van der Waals surface area contributed by atoms with E-state index in [0.29, 0.717) is 0 Å². The Labute approximate surface area is 129 Å². The van der Waals surface area contributed by atoms with E-state index in [0.717, 1.165) is 30.0 Å². The van der Waals surface area contributed by atoms with E-state index in [-0.39, 0.29) is 12.1 Å². The number of rotatable bonds is 5. The standard InChI is InChI=1S/C13H13F2N5O3/c1-13(12(22)23-2,9-5-8(14)3-4-10(9)15)17-11(21)6-20-7-16-18-19-20/h3-5,7H,6H2,1-2H3,(H,17,21)/t13-/m1/s1. The van der Waals surface area contributed by atoms with Crippen molar-refractivity contribution in [2.75, 3.05) is 7.11 Å². The number of ether oxygens (including phenoxy) is 1. The van der Waals surface area contributed by atoms with Gasteiger partial charge in [0.05, 0.1) is 7.11 Å². The Morgan fingerprint density at radius 2 is 2.13 bits per heavy atom. The zero-order chi connectivity index (χ0) is 17.0. The van der Waals surface area contributed by atoms with Crippen molar-refractivity contribution in [1.29, 1.82) is 0 Å². The first kappa shape index (κ1) is 16.5. The third kappa shape index (κ3) is 3.47. The average Bonchev–Trinajstić information content (AvgIpc) is 3.01. The number of benzene rings is 1. The number of nitrogens with zero attached hydrogens (tertiary/aromatic N) is 4. The molecule has 0 aliphatic heterocycles. The summed E-state index contributed by atoms with van der Waals surface area (Å²) < 4.78 is 33.2. The SMILES string of the molecule is COC(=O)[C@](C)(NC(=O)Cn1cnnn1)c1cc(F)ccc1F. The van der Waals surface area contributed by atoms with Gasteiger partial charge in [-0.25, -0.2) is 18.3 Å². The van der Waals surface area contributed by atoms with E-state index in [9.17, 15) is 18.4 Å². The van der Waals surface area contributed by atoms with Crippen molar-refractivity contribution in [2.45, 2.75) is 19.0 Å². The maximum absolute atomic E-state index is 14.0. The first-order valence-corrected chi connectivity index (χ1v) is 6.42. The lowest BCUT2D eigenvalue weighted by Gasteiger charge is -2.28. The number of halogens is 2. The quantitative estimate of drug-likeness (QED) is 0.786. The molecule has 1 aromatic heterocycles. The van der Waals surface area contributed by atoms with Gasteiger partial charge in [-0.05, 0) is 35.5 Å². The molecule has 8 nitrogen and oxygen atoms in total. The summed E-state index contributed by atoms with van der Waals surface area (Å²) in [5.74, 6) is -3.26. The minimum Gasteiger partial charge on any atom is -0.467 e. The van der Waals surface area contributed by atoms with E-state index >= 15 is 0 Å². The lowest BCUT2D eigenvalue weighted by molar-refractivity contribution is -0.151. The fourth-order valence-corrected chi connectivity index (χ4v) is 2.03. The van der Waals surface area contributed by atoms with Crippen LogP contribution in [0.2, 0.25) is 0 Å². The fourth-order valence-electron chi connectivity index (χ4n) is 2.03. The van der Waals surface area contributed by atoms with Crippen LogP contribution < -0.4 is 5.32 Å². The Bertz CT molecular complexity index is 722. The van der Waals surface area contributed by atoms with Gasteiger partial charge in [0, 0.05) is 5.56 Å². The minimum atomic E-state index is -1.91. The van der Waals surface area contributed by atoms with Crippen LogP contribution in [0.15, 0.2) is 24.5 Å². The predicted molar refractivity (Wildman–Crippen MR) is 71.7 cm³/mol. The van der Waals surface area contributed by atoms with Crippen LogP contribution in [0.25, 0.3) is 0 Å². The van der Waals surface area contributed by atoms with E-state index < -0.39 is 29.0 Å². The van der Waals surface area contributed by atoms with Gasteiger partial charge in [-0.3, -0.25) is 4.79 Å². The molecule has 1 amide bonds. The van der Waals surface area contributed by atoms with Crippen LogP contribution in [0.5, 0.6) is 0 Å². The summed E-state index contributed by atoms with van der Waals surface area (Å²) in [5.41, 5.74) is -2.26. The monoisotopic (exact) mass is 325 g/mol. The fraction of sp³-hybridized carbons (Fsp3) is 0.308. The van der Waals surface area contributed by atoms with Gasteiger partial charge < -0.3 is 10.1 Å². The molecule has 0 saturated heterocycles. The zero-order valence-electron chi connectivity index (χ0n) is 12.3. The van der Waals surface area contributed by atoms with E-state index in [1.807, 2.05) is 0 Å². The van der Waals surface area contributed by atoms with Gasteiger partial charge >= 0.3 is 5.97 Å². The van der Waals surface area contributed by atoms with E-state index in [1.54, 1.807) is 0 Å². The van der Waals surface area contributed by atoms with Crippen LogP contribution in [0, 0.1) is 11.6 Å². The van der Waals surface area contributed by atoms with Crippen molar-refractivity contribution >= 4 is 11.9 Å². The summed E-state index contributed by atoms with van der Waals surface area (Å²) in [6, 6.07) is 2.59. The number of hydrogen-bond donors (Lipinski definition) is 1. The lowest BCUT2D eigenvalue weighted by Crippen LogP contribution is -2.51. The highest BCUT2D eigenvalue weighted by Crippen LogP contribution is 2.26. The molecule has 10 heteroatoms. The third-order valence-electron chi connectivity index (χ3n) is 3.15. The number of amides is 1. The Morgan fingerprint density at radius 1 is 1.39 bits per heavy atom. The number of nitrogens with one attached hydrogen (secondary N) is 1. The first-order chi connectivity index (χ1) is 10.9. The molecule has 1 heterocycles. The van der Waals surface area contributed by atoms with Gasteiger partial charge in [0.1, 0.15) is 24.5 Å². The molecule has 0 fully saturated rings. The molecule has 0 aliphatic rings. The van der Waals surface area contributed by atoms with Crippen LogP contribution in [0.1, 0.15) is 12.5 Å². The second kappa shape index (κ2) is 6.46. The number of esters is 1. The van der Waals surface area contributed by atoms with Gasteiger partial charge in [0.2, 0.25) is 5.91 Å². The molecule has 0 bridgehead atoms. The first-order valence-electron chi connectivity index (χ1n) is 6.42. The molecule has 0 aliphatic carbocycles. The number of carbonyl (C=O) groups excluding carboxylic acids is 2. The Kier molecular flexibility index (Phi) is 4.63. The number of carbonyl (C=O) groups is 2. The molecule has 1 N–H and O–H groups in total. The smallest absolute Gasteiger partial charge is 0.336 e. The summed E-state index contributed by atoms with van der Waals surface area (Å²) in [6.07, 6.45) is 1.19. The number of tetrazole rings is 1. The molecule has 0 unspecified atom stereocenters. The summed E-state index contributed by atoms with van der Waals surface area (Å²) >= 11 is 0. The van der Waals surface area contributed by atoms with Crippen molar-refractivity contribution < 1.29 is 23.1 Å². The highest BCUT2D eigenvalue weighted by molar-refractivity contribution is 5.88. The van der Waals surface area contributed by atoms with Gasteiger partial charge in [0.15, 0.2) is 5.54 Å². The van der Waals surface area contributed by atoms with Crippen LogP contribution in [0.4, 0.5) is 8.78 Å². The lowest BCUT2D eigenvalue weighted by atomic mass is 9.91. The predicted octanol–water partition coefficient (Wildman–Crippen LogP) is 0.156. The molecule has 0 radical (unpaired) electrons. The van der Waals surface area contributed by atoms with Gasteiger partial charge in [-0.2, -0.15) is 0 Å². The zero-order valence-corrected chi connectivity index (χ0v) is 12.3. The number of methoxy groups -OCH3 is 1. The third-order valence-corrected chi connectivity index (χ3v) is 3.15. The number of hydrogen-bond acceptors (Lipinski definition) is 6. The largest absolute Gasteiger partial charge is 0.467 e. The minimum absolute atomic E-state index is 0.309. The number of aromatic nitrogens is 4. The summed E-state index contributed by atoms with van der Waals surface area (Å²) in [7, 11) is 1.07. The van der Waals surface area contributed by atoms with Crippen molar-refractivity contribution in [2.24, 2.45) is 0 Å². The maximum atomic E-state index is 14.0. The van der Waals surface area contributed by atoms with Gasteiger partial charge in [0.25, 0.3) is 0 Å². The molecule has 122 valence electrons. The van der Waals surface area contributed by atoms with Crippen LogP contribution in [-0.4, -0.2) is 39.2 Å². The van der Waals surface area contributed by atoms with Crippen LogP contribution in [-0.2, 0) is 26.4 Å². The molecular formula is C13H13F2N5O3. The Hall–Kier alpha value is -2.91. The molecule has 23 heavy (non-hydrogen) atoms. The summed E-state index contributed by atoms with van der Waals surface area (Å²) in [5, 5.41) is 12.5. The molecule has 2 aromatic rings. The molecule has 0 spiro atoms. The summed E-state index contributed by atoms with van der Waals surface area (Å²) in [4.78, 5) is 24.1. The Balaban J connectivity index is 2.33. The Morgan fingerprint density at radius 3 is 2.74 bits per heavy atom. The second-order valence-electron chi connectivity index (χ2n) is 4.80. The van der Waals surface area contributed by atoms with Crippen molar-refractivity contribution in [3.05, 3.63) is 41.7 Å². The van der Waals surface area contributed by atoms with Crippen LogP contribution >= 0.6 is 0 Å². The normalized spacial score (nSPS) is 13.2. The van der Waals surface area contributed by atoms with Gasteiger partial charge in [-0.15, -0.1) is 5.10 Å². The summed E-state index contributed by atoms with van der Waals surface area (Å²) in [6.45, 7) is 0.907. The second-order valence-corrected chi connectivity index (χ2v) is 4.80. The maximum Gasteiger partial charge on any atom is 0.336 e. The molecule has 1 aromatic carbocycles. The topological polar surface area (TPSA) is 99.0 Å². The molecule has 0 saturated carbocycles. The van der Waals surface area contributed by atoms with Crippen LogP contribution in [0.3, 0.4) is 0 Å². The van der Waals surface area contributed by atoms with E-state index in [4.69, 9.17) is 0 Å². The van der Waals surface area contributed by atoms with E-state index in [2.05, 4.69) is 25.6 Å². The highest BCUT2D eigenvalue weighted by Gasteiger charge is 2.40.